The fourth-order valence-electron chi connectivity index (χ4n) is 1.46. The van der Waals surface area contributed by atoms with E-state index in [1.165, 1.54) is 13.2 Å². The van der Waals surface area contributed by atoms with Crippen LogP contribution in [0.5, 0.6) is 17.4 Å². The van der Waals surface area contributed by atoms with E-state index >= 15 is 0 Å². The van der Waals surface area contributed by atoms with Crippen LogP contribution in [0.15, 0.2) is 42.6 Å². The van der Waals surface area contributed by atoms with Crippen LogP contribution < -0.4 is 9.47 Å². The first-order valence-corrected chi connectivity index (χ1v) is 5.21. The molecular weight excluding hydrogens is 234 g/mol. The van der Waals surface area contributed by atoms with Gasteiger partial charge in [0, 0.05) is 12.3 Å². The summed E-state index contributed by atoms with van der Waals surface area (Å²) in [7, 11) is 1.45. The fourth-order valence-corrected chi connectivity index (χ4v) is 1.46. The molecule has 0 atom stereocenters. The highest BCUT2D eigenvalue weighted by molar-refractivity contribution is 5.92. The first kappa shape index (κ1) is 11.9. The van der Waals surface area contributed by atoms with Crippen LogP contribution in [0.1, 0.15) is 10.4 Å². The Kier molecular flexibility index (Phi) is 3.43. The Morgan fingerprint density at radius 1 is 1.22 bits per heavy atom. The number of aromatic carboxylic acids is 1. The molecule has 18 heavy (non-hydrogen) atoms. The highest BCUT2D eigenvalue weighted by Crippen LogP contribution is 2.34. The third kappa shape index (κ3) is 2.40. The SMILES string of the molecule is COc1cccc(C(=O)O)c1Oc1ccccn1. The Hall–Kier alpha value is -2.56. The molecule has 1 aromatic carbocycles. The molecule has 0 saturated carbocycles. The van der Waals surface area contributed by atoms with E-state index in [9.17, 15) is 4.79 Å². The Labute approximate surface area is 104 Å². The van der Waals surface area contributed by atoms with E-state index in [0.717, 1.165) is 0 Å². The number of para-hydroxylation sites is 1. The second-order valence-electron chi connectivity index (χ2n) is 3.41. The summed E-state index contributed by atoms with van der Waals surface area (Å²) < 4.78 is 10.6. The van der Waals surface area contributed by atoms with Crippen molar-refractivity contribution in [2.45, 2.75) is 0 Å². The molecule has 1 N–H and O–H groups in total. The average molecular weight is 245 g/mol. The minimum atomic E-state index is -1.08. The molecular formula is C13H11NO4. The Morgan fingerprint density at radius 3 is 2.67 bits per heavy atom. The van der Waals surface area contributed by atoms with Gasteiger partial charge < -0.3 is 14.6 Å². The van der Waals surface area contributed by atoms with Crippen molar-refractivity contribution in [2.75, 3.05) is 7.11 Å². The van der Waals surface area contributed by atoms with Crippen molar-refractivity contribution in [2.24, 2.45) is 0 Å². The number of benzene rings is 1. The monoisotopic (exact) mass is 245 g/mol. The zero-order valence-corrected chi connectivity index (χ0v) is 9.66. The molecule has 0 aliphatic rings. The molecule has 5 nitrogen and oxygen atoms in total. The van der Waals surface area contributed by atoms with Gasteiger partial charge in [-0.2, -0.15) is 0 Å². The summed E-state index contributed by atoms with van der Waals surface area (Å²) in [6.07, 6.45) is 1.56. The van der Waals surface area contributed by atoms with E-state index < -0.39 is 5.97 Å². The number of aromatic nitrogens is 1. The van der Waals surface area contributed by atoms with Crippen molar-refractivity contribution in [1.29, 1.82) is 0 Å². The van der Waals surface area contributed by atoms with Crippen LogP contribution >= 0.6 is 0 Å². The zero-order chi connectivity index (χ0) is 13.0. The van der Waals surface area contributed by atoms with E-state index in [4.69, 9.17) is 14.6 Å². The number of rotatable bonds is 4. The van der Waals surface area contributed by atoms with E-state index in [-0.39, 0.29) is 11.3 Å². The number of carboxylic acid groups (broad SMARTS) is 1. The highest BCUT2D eigenvalue weighted by Gasteiger charge is 2.17. The molecule has 0 saturated heterocycles. The quantitative estimate of drug-likeness (QED) is 0.896. The normalized spacial score (nSPS) is 9.83. The van der Waals surface area contributed by atoms with Gasteiger partial charge in [0.15, 0.2) is 11.5 Å². The molecule has 0 aliphatic heterocycles. The van der Waals surface area contributed by atoms with Crippen molar-refractivity contribution in [3.05, 3.63) is 48.2 Å². The molecule has 1 aromatic heterocycles. The maximum atomic E-state index is 11.1. The number of carbonyl (C=O) groups is 1. The van der Waals surface area contributed by atoms with Gasteiger partial charge in [-0.25, -0.2) is 9.78 Å². The van der Waals surface area contributed by atoms with Gasteiger partial charge in [-0.05, 0) is 18.2 Å². The minimum absolute atomic E-state index is 0.0278. The molecule has 0 spiro atoms. The second kappa shape index (κ2) is 5.18. The third-order valence-electron chi connectivity index (χ3n) is 2.27. The number of hydrogen-bond donors (Lipinski definition) is 1. The van der Waals surface area contributed by atoms with Crippen molar-refractivity contribution in [3.8, 4) is 17.4 Å². The first-order chi connectivity index (χ1) is 8.72. The first-order valence-electron chi connectivity index (χ1n) is 5.21. The number of ether oxygens (including phenoxy) is 2. The number of methoxy groups -OCH3 is 1. The largest absolute Gasteiger partial charge is 0.493 e. The lowest BCUT2D eigenvalue weighted by atomic mass is 10.2. The number of hydrogen-bond acceptors (Lipinski definition) is 4. The lowest BCUT2D eigenvalue weighted by Gasteiger charge is -2.11. The van der Waals surface area contributed by atoms with E-state index in [0.29, 0.717) is 11.6 Å². The smallest absolute Gasteiger partial charge is 0.339 e. The van der Waals surface area contributed by atoms with Crippen molar-refractivity contribution >= 4 is 5.97 Å². The van der Waals surface area contributed by atoms with Crippen molar-refractivity contribution < 1.29 is 19.4 Å². The number of pyridine rings is 1. The molecule has 2 aromatic rings. The van der Waals surface area contributed by atoms with Crippen LogP contribution in [0, 0.1) is 0 Å². The van der Waals surface area contributed by atoms with Gasteiger partial charge in [-0.3, -0.25) is 0 Å². The van der Waals surface area contributed by atoms with Gasteiger partial charge in [-0.1, -0.05) is 12.1 Å². The summed E-state index contributed by atoms with van der Waals surface area (Å²) in [5, 5.41) is 9.11. The van der Waals surface area contributed by atoms with Crippen LogP contribution in [0.2, 0.25) is 0 Å². The second-order valence-corrected chi connectivity index (χ2v) is 3.41. The topological polar surface area (TPSA) is 68.7 Å². The Balaban J connectivity index is 2.44. The van der Waals surface area contributed by atoms with Crippen LogP contribution in [0.4, 0.5) is 0 Å². The zero-order valence-electron chi connectivity index (χ0n) is 9.66. The lowest BCUT2D eigenvalue weighted by Crippen LogP contribution is -2.02. The Morgan fingerprint density at radius 2 is 2.06 bits per heavy atom. The highest BCUT2D eigenvalue weighted by atomic mass is 16.5. The molecule has 0 fully saturated rings. The maximum absolute atomic E-state index is 11.1. The minimum Gasteiger partial charge on any atom is -0.493 e. The van der Waals surface area contributed by atoms with Gasteiger partial charge >= 0.3 is 5.97 Å². The molecule has 0 aliphatic carbocycles. The van der Waals surface area contributed by atoms with Crippen LogP contribution in [0.25, 0.3) is 0 Å². The number of nitrogens with zero attached hydrogens (tertiary/aromatic N) is 1. The molecule has 0 amide bonds. The summed E-state index contributed by atoms with van der Waals surface area (Å²) in [5.41, 5.74) is 0.0278. The van der Waals surface area contributed by atoms with Crippen molar-refractivity contribution in [1.82, 2.24) is 4.98 Å². The average Bonchev–Trinajstić information content (AvgIpc) is 2.40. The maximum Gasteiger partial charge on any atom is 0.339 e. The molecule has 0 radical (unpaired) electrons. The fraction of sp³-hybridized carbons (Fsp3) is 0.0769. The predicted molar refractivity (Wildman–Crippen MR) is 64.3 cm³/mol. The molecule has 2 rings (SSSR count). The molecule has 92 valence electrons. The van der Waals surface area contributed by atoms with Crippen molar-refractivity contribution in [3.63, 3.8) is 0 Å². The summed E-state index contributed by atoms with van der Waals surface area (Å²) in [4.78, 5) is 15.1. The van der Waals surface area contributed by atoms with Gasteiger partial charge in [-0.15, -0.1) is 0 Å². The van der Waals surface area contributed by atoms with Crippen LogP contribution in [-0.2, 0) is 0 Å². The molecule has 5 heteroatoms. The van der Waals surface area contributed by atoms with E-state index in [1.807, 2.05) is 0 Å². The lowest BCUT2D eigenvalue weighted by molar-refractivity contribution is 0.0693. The standard InChI is InChI=1S/C13H11NO4/c1-17-10-6-4-5-9(13(15)16)12(10)18-11-7-2-3-8-14-11/h2-8H,1H3,(H,15,16). The summed E-state index contributed by atoms with van der Waals surface area (Å²) in [6, 6.07) is 9.80. The Bertz CT molecular complexity index is 554. The molecule has 1 heterocycles. The molecule has 0 unspecified atom stereocenters. The third-order valence-corrected chi connectivity index (χ3v) is 2.27. The number of carboxylic acids is 1. The van der Waals surface area contributed by atoms with Crippen LogP contribution in [0.3, 0.4) is 0 Å². The molecule has 0 bridgehead atoms. The van der Waals surface area contributed by atoms with E-state index in [2.05, 4.69) is 4.98 Å². The summed E-state index contributed by atoms with van der Waals surface area (Å²) in [6.45, 7) is 0. The summed E-state index contributed by atoms with van der Waals surface area (Å²) >= 11 is 0. The summed E-state index contributed by atoms with van der Waals surface area (Å²) in [5.74, 6) is -0.281. The predicted octanol–water partition coefficient (Wildman–Crippen LogP) is 2.58. The van der Waals surface area contributed by atoms with E-state index in [1.54, 1.807) is 36.5 Å². The van der Waals surface area contributed by atoms with Gasteiger partial charge in [0.2, 0.25) is 5.88 Å². The van der Waals surface area contributed by atoms with Gasteiger partial charge in [0.25, 0.3) is 0 Å². The van der Waals surface area contributed by atoms with Crippen LogP contribution in [-0.4, -0.2) is 23.2 Å². The van der Waals surface area contributed by atoms with Gasteiger partial charge in [0.05, 0.1) is 7.11 Å². The van der Waals surface area contributed by atoms with Gasteiger partial charge in [0.1, 0.15) is 5.56 Å².